The number of nitrogens with two attached hydrogens (primary N) is 1. The number of carbonyl (C=O) groups excluding carboxylic acids is 2. The van der Waals surface area contributed by atoms with Crippen LogP contribution in [0.5, 0.6) is 5.75 Å². The van der Waals surface area contributed by atoms with Crippen LogP contribution in [-0.2, 0) is 16.1 Å². The monoisotopic (exact) mass is 345 g/mol. The van der Waals surface area contributed by atoms with Gasteiger partial charge in [0.25, 0.3) is 5.91 Å². The molecular weight excluding hydrogens is 318 g/mol. The van der Waals surface area contributed by atoms with Gasteiger partial charge in [0.05, 0.1) is 0 Å². The second kappa shape index (κ2) is 7.87. The first kappa shape index (κ1) is 17.7. The van der Waals surface area contributed by atoms with Gasteiger partial charge in [0.2, 0.25) is 5.91 Å². The van der Waals surface area contributed by atoms with Crippen molar-refractivity contribution in [3.8, 4) is 5.75 Å². The highest BCUT2D eigenvalue weighted by Gasteiger charge is 2.38. The van der Waals surface area contributed by atoms with Gasteiger partial charge in [-0.15, -0.1) is 0 Å². The Bertz CT molecular complexity index is 634. The Labute approximate surface area is 148 Å². The first-order chi connectivity index (χ1) is 12.0. The summed E-state index contributed by atoms with van der Waals surface area (Å²) in [5, 5.41) is 0. The van der Waals surface area contributed by atoms with Crippen LogP contribution in [0.1, 0.15) is 38.2 Å². The zero-order chi connectivity index (χ0) is 17.8. The molecule has 1 aromatic rings. The topological polar surface area (TPSA) is 75.9 Å². The molecule has 0 aliphatic carbocycles. The molecular formula is C19H27N3O3. The van der Waals surface area contributed by atoms with Gasteiger partial charge in [-0.1, -0.05) is 12.1 Å². The zero-order valence-corrected chi connectivity index (χ0v) is 14.8. The number of ether oxygens (including phenoxy) is 1. The largest absolute Gasteiger partial charge is 0.484 e. The maximum Gasteiger partial charge on any atom is 0.255 e. The SMILES string of the molecule is CC(=O)N1CCC[C@H]1[C@@H]1CCCN1Cc1cccc(OCC(N)=O)c1. The fraction of sp³-hybridized carbons (Fsp3) is 0.579. The van der Waals surface area contributed by atoms with Gasteiger partial charge in [-0.3, -0.25) is 14.5 Å². The number of carbonyl (C=O) groups is 2. The highest BCUT2D eigenvalue weighted by molar-refractivity contribution is 5.75. The average molecular weight is 345 g/mol. The molecule has 25 heavy (non-hydrogen) atoms. The first-order valence-electron chi connectivity index (χ1n) is 9.06. The van der Waals surface area contributed by atoms with E-state index in [1.807, 2.05) is 18.2 Å². The first-order valence-corrected chi connectivity index (χ1v) is 9.06. The van der Waals surface area contributed by atoms with Crippen LogP contribution >= 0.6 is 0 Å². The Morgan fingerprint density at radius 1 is 1.20 bits per heavy atom. The van der Waals surface area contributed by atoms with Crippen molar-refractivity contribution in [3.63, 3.8) is 0 Å². The Morgan fingerprint density at radius 2 is 1.96 bits per heavy atom. The minimum Gasteiger partial charge on any atom is -0.484 e. The zero-order valence-electron chi connectivity index (χ0n) is 14.8. The van der Waals surface area contributed by atoms with Crippen molar-refractivity contribution in [2.75, 3.05) is 19.7 Å². The quantitative estimate of drug-likeness (QED) is 0.848. The number of benzene rings is 1. The summed E-state index contributed by atoms with van der Waals surface area (Å²) in [5.41, 5.74) is 6.29. The second-order valence-electron chi connectivity index (χ2n) is 7.00. The lowest BCUT2D eigenvalue weighted by Crippen LogP contribution is -2.47. The highest BCUT2D eigenvalue weighted by Crippen LogP contribution is 2.31. The summed E-state index contributed by atoms with van der Waals surface area (Å²) < 4.78 is 5.40. The van der Waals surface area contributed by atoms with E-state index in [-0.39, 0.29) is 12.5 Å². The molecule has 3 rings (SSSR count). The van der Waals surface area contributed by atoms with Crippen LogP contribution in [-0.4, -0.2) is 53.4 Å². The number of amides is 2. The van der Waals surface area contributed by atoms with Crippen molar-refractivity contribution in [3.05, 3.63) is 29.8 Å². The maximum atomic E-state index is 11.9. The van der Waals surface area contributed by atoms with Crippen LogP contribution < -0.4 is 10.5 Å². The Morgan fingerprint density at radius 3 is 2.72 bits per heavy atom. The van der Waals surface area contributed by atoms with Crippen LogP contribution in [0, 0.1) is 0 Å². The predicted octanol–water partition coefficient (Wildman–Crippen LogP) is 1.53. The number of nitrogens with zero attached hydrogens (tertiary/aromatic N) is 2. The van der Waals surface area contributed by atoms with Gasteiger partial charge in [0.15, 0.2) is 6.61 Å². The summed E-state index contributed by atoms with van der Waals surface area (Å²) in [6, 6.07) is 8.59. The van der Waals surface area contributed by atoms with Crippen LogP contribution in [0.15, 0.2) is 24.3 Å². The smallest absolute Gasteiger partial charge is 0.255 e. The van der Waals surface area contributed by atoms with Crippen molar-refractivity contribution in [2.45, 2.75) is 51.2 Å². The number of hydrogen-bond donors (Lipinski definition) is 1. The summed E-state index contributed by atoms with van der Waals surface area (Å²) in [7, 11) is 0. The lowest BCUT2D eigenvalue weighted by atomic mass is 10.0. The van der Waals surface area contributed by atoms with Crippen LogP contribution in [0.4, 0.5) is 0 Å². The number of likely N-dealkylation sites (tertiary alicyclic amines) is 2. The van der Waals surface area contributed by atoms with Gasteiger partial charge in [-0.05, 0) is 49.9 Å². The fourth-order valence-electron chi connectivity index (χ4n) is 4.19. The lowest BCUT2D eigenvalue weighted by molar-refractivity contribution is -0.130. The van der Waals surface area contributed by atoms with Crippen molar-refractivity contribution in [1.29, 1.82) is 0 Å². The average Bonchev–Trinajstić information content (AvgIpc) is 3.21. The fourth-order valence-corrected chi connectivity index (χ4v) is 4.19. The van der Waals surface area contributed by atoms with Crippen LogP contribution in [0.3, 0.4) is 0 Å². The molecule has 136 valence electrons. The van der Waals surface area contributed by atoms with E-state index in [1.165, 1.54) is 6.42 Å². The number of primary amides is 1. The van der Waals surface area contributed by atoms with Gasteiger partial charge in [0, 0.05) is 32.1 Å². The summed E-state index contributed by atoms with van der Waals surface area (Å²) >= 11 is 0. The summed E-state index contributed by atoms with van der Waals surface area (Å²) in [4.78, 5) is 27.3. The van der Waals surface area contributed by atoms with E-state index < -0.39 is 5.91 Å². The Balaban J connectivity index is 1.66. The molecule has 2 aliphatic rings. The van der Waals surface area contributed by atoms with E-state index in [2.05, 4.69) is 15.9 Å². The molecule has 2 heterocycles. The Kier molecular flexibility index (Phi) is 5.58. The standard InChI is InChI=1S/C19H27N3O3/c1-14(23)22-10-4-8-18(22)17-7-3-9-21(17)12-15-5-2-6-16(11-15)25-13-19(20)24/h2,5-6,11,17-18H,3-4,7-10,12-13H2,1H3,(H2,20,24)/t17-,18-/m0/s1. The van der Waals surface area contributed by atoms with E-state index in [0.717, 1.165) is 44.5 Å². The summed E-state index contributed by atoms with van der Waals surface area (Å²) in [6.45, 7) is 4.35. The number of hydrogen-bond acceptors (Lipinski definition) is 4. The Hall–Kier alpha value is -2.08. The number of rotatable bonds is 6. The van der Waals surface area contributed by atoms with E-state index in [4.69, 9.17) is 10.5 Å². The lowest BCUT2D eigenvalue weighted by Gasteiger charge is -2.34. The summed E-state index contributed by atoms with van der Waals surface area (Å²) in [6.07, 6.45) is 4.52. The van der Waals surface area contributed by atoms with E-state index in [0.29, 0.717) is 17.8 Å². The molecule has 6 heteroatoms. The molecule has 2 amide bonds. The highest BCUT2D eigenvalue weighted by atomic mass is 16.5. The minimum atomic E-state index is -0.476. The summed E-state index contributed by atoms with van der Waals surface area (Å²) in [5.74, 6) is 0.380. The minimum absolute atomic E-state index is 0.106. The molecule has 0 radical (unpaired) electrons. The van der Waals surface area contributed by atoms with Gasteiger partial charge in [0.1, 0.15) is 5.75 Å². The maximum absolute atomic E-state index is 11.9. The molecule has 0 bridgehead atoms. The third kappa shape index (κ3) is 4.31. The van der Waals surface area contributed by atoms with E-state index >= 15 is 0 Å². The molecule has 6 nitrogen and oxygen atoms in total. The third-order valence-electron chi connectivity index (χ3n) is 5.23. The molecule has 2 fully saturated rings. The second-order valence-corrected chi connectivity index (χ2v) is 7.00. The van der Waals surface area contributed by atoms with Crippen molar-refractivity contribution < 1.29 is 14.3 Å². The molecule has 2 aliphatic heterocycles. The van der Waals surface area contributed by atoms with Crippen molar-refractivity contribution >= 4 is 11.8 Å². The predicted molar refractivity (Wildman–Crippen MR) is 95.0 cm³/mol. The molecule has 0 spiro atoms. The van der Waals surface area contributed by atoms with Crippen molar-refractivity contribution in [1.82, 2.24) is 9.80 Å². The molecule has 2 N–H and O–H groups in total. The van der Waals surface area contributed by atoms with Gasteiger partial charge in [-0.25, -0.2) is 0 Å². The van der Waals surface area contributed by atoms with Crippen LogP contribution in [0.25, 0.3) is 0 Å². The van der Waals surface area contributed by atoms with Gasteiger partial charge >= 0.3 is 0 Å². The molecule has 1 aromatic carbocycles. The molecule has 2 atom stereocenters. The van der Waals surface area contributed by atoms with Crippen molar-refractivity contribution in [2.24, 2.45) is 5.73 Å². The third-order valence-corrected chi connectivity index (χ3v) is 5.23. The van der Waals surface area contributed by atoms with E-state index in [1.54, 1.807) is 6.92 Å². The molecule has 0 unspecified atom stereocenters. The van der Waals surface area contributed by atoms with Gasteiger partial charge in [-0.2, -0.15) is 0 Å². The van der Waals surface area contributed by atoms with Crippen LogP contribution in [0.2, 0.25) is 0 Å². The molecule has 0 saturated carbocycles. The molecule has 0 aromatic heterocycles. The van der Waals surface area contributed by atoms with E-state index in [9.17, 15) is 9.59 Å². The van der Waals surface area contributed by atoms with Gasteiger partial charge < -0.3 is 15.4 Å². The normalized spacial score (nSPS) is 23.8. The molecule has 2 saturated heterocycles.